The van der Waals surface area contributed by atoms with Crippen LogP contribution in [0.15, 0.2) is 88.6 Å². The van der Waals surface area contributed by atoms with E-state index < -0.39 is 11.9 Å². The van der Waals surface area contributed by atoms with Crippen molar-refractivity contribution in [1.29, 1.82) is 0 Å². The maximum absolute atomic E-state index is 13.7. The van der Waals surface area contributed by atoms with Crippen LogP contribution >= 0.6 is 22.9 Å². The van der Waals surface area contributed by atoms with E-state index in [4.69, 9.17) is 20.8 Å². The van der Waals surface area contributed by atoms with Crippen molar-refractivity contribution in [2.75, 3.05) is 11.5 Å². The number of benzene rings is 3. The molecule has 3 heterocycles. The van der Waals surface area contributed by atoms with E-state index in [-0.39, 0.29) is 11.2 Å². The minimum Gasteiger partial charge on any atom is -0.490 e. The lowest BCUT2D eigenvalue weighted by molar-refractivity contribution is 0.0971. The second-order valence-corrected chi connectivity index (χ2v) is 9.47. The van der Waals surface area contributed by atoms with E-state index in [9.17, 15) is 9.59 Å². The van der Waals surface area contributed by atoms with Gasteiger partial charge < -0.3 is 9.15 Å². The van der Waals surface area contributed by atoms with E-state index in [1.807, 2.05) is 24.3 Å². The molecule has 0 saturated carbocycles. The summed E-state index contributed by atoms with van der Waals surface area (Å²) in [6, 6.07) is 18.9. The summed E-state index contributed by atoms with van der Waals surface area (Å²) < 4.78 is 12.4. The van der Waals surface area contributed by atoms with Gasteiger partial charge in [-0.1, -0.05) is 59.9 Å². The number of thiazole rings is 1. The quantitative estimate of drug-likeness (QED) is 0.262. The number of aromatic nitrogens is 1. The van der Waals surface area contributed by atoms with Gasteiger partial charge in [-0.05, 0) is 48.0 Å². The fourth-order valence-corrected chi connectivity index (χ4v) is 5.59. The lowest BCUT2D eigenvalue weighted by Gasteiger charge is -2.22. The lowest BCUT2D eigenvalue weighted by Crippen LogP contribution is -2.29. The Kier molecular flexibility index (Phi) is 5.16. The maximum Gasteiger partial charge on any atom is 0.297 e. The molecule has 172 valence electrons. The molecule has 3 aromatic carbocycles. The minimum absolute atomic E-state index is 0.0305. The summed E-state index contributed by atoms with van der Waals surface area (Å²) in [6.07, 6.45) is 1.66. The molecule has 0 bridgehead atoms. The van der Waals surface area contributed by atoms with Crippen LogP contribution in [0.3, 0.4) is 0 Å². The molecule has 1 aliphatic heterocycles. The van der Waals surface area contributed by atoms with Crippen molar-refractivity contribution in [3.63, 3.8) is 0 Å². The summed E-state index contributed by atoms with van der Waals surface area (Å²) in [5.41, 5.74) is 1.89. The van der Waals surface area contributed by atoms with Crippen LogP contribution < -0.4 is 15.1 Å². The molecule has 1 unspecified atom stereocenters. The summed E-state index contributed by atoms with van der Waals surface area (Å²) in [6.45, 7) is 4.04. The summed E-state index contributed by atoms with van der Waals surface area (Å²) in [4.78, 5) is 33.6. The highest BCUT2D eigenvalue weighted by atomic mass is 35.5. The molecule has 0 spiro atoms. The van der Waals surface area contributed by atoms with Gasteiger partial charge in [0, 0.05) is 5.02 Å². The van der Waals surface area contributed by atoms with Gasteiger partial charge in [0.25, 0.3) is 5.91 Å². The second-order valence-electron chi connectivity index (χ2n) is 8.03. The van der Waals surface area contributed by atoms with E-state index in [2.05, 4.69) is 11.6 Å². The first-order valence-electron chi connectivity index (χ1n) is 10.8. The van der Waals surface area contributed by atoms with Gasteiger partial charge >= 0.3 is 0 Å². The smallest absolute Gasteiger partial charge is 0.297 e. The fourth-order valence-electron chi connectivity index (χ4n) is 4.32. The highest BCUT2D eigenvalue weighted by molar-refractivity contribution is 7.22. The number of halogens is 1. The Hall–Kier alpha value is -3.94. The van der Waals surface area contributed by atoms with Gasteiger partial charge in [0.2, 0.25) is 5.76 Å². The second kappa shape index (κ2) is 8.37. The van der Waals surface area contributed by atoms with E-state index in [0.29, 0.717) is 39.0 Å². The summed E-state index contributed by atoms with van der Waals surface area (Å²) >= 11 is 7.51. The largest absolute Gasteiger partial charge is 0.490 e. The molecule has 6 rings (SSSR count). The highest BCUT2D eigenvalue weighted by Crippen LogP contribution is 2.44. The van der Waals surface area contributed by atoms with Crippen LogP contribution in [-0.2, 0) is 0 Å². The number of para-hydroxylation sites is 1. The average molecular weight is 501 g/mol. The van der Waals surface area contributed by atoms with E-state index in [0.717, 1.165) is 15.8 Å². The first-order chi connectivity index (χ1) is 17.0. The Morgan fingerprint density at radius 2 is 1.91 bits per heavy atom. The molecule has 6 nitrogen and oxygen atoms in total. The van der Waals surface area contributed by atoms with Gasteiger partial charge in [0.15, 0.2) is 10.6 Å². The SMILES string of the molecule is C=CCOc1ccc(C2c3c(oc4ccccc4c3=O)C(=O)N2c2nc3ccc(Cl)cc3s2)cc1. The van der Waals surface area contributed by atoms with Crippen molar-refractivity contribution in [2.24, 2.45) is 0 Å². The average Bonchev–Trinajstić information content (AvgIpc) is 3.41. The monoisotopic (exact) mass is 500 g/mol. The number of nitrogens with zero attached hydrogens (tertiary/aromatic N) is 2. The molecule has 5 aromatic rings. The van der Waals surface area contributed by atoms with Gasteiger partial charge in [0.1, 0.15) is 17.9 Å². The number of ether oxygens (including phenoxy) is 1. The van der Waals surface area contributed by atoms with Crippen molar-refractivity contribution in [2.45, 2.75) is 6.04 Å². The van der Waals surface area contributed by atoms with Crippen LogP contribution in [0, 0.1) is 0 Å². The highest BCUT2D eigenvalue weighted by Gasteiger charge is 2.45. The van der Waals surface area contributed by atoms with Crippen LogP contribution in [0.5, 0.6) is 5.75 Å². The normalized spacial score (nSPS) is 15.1. The number of hydrogen-bond donors (Lipinski definition) is 0. The molecule has 8 heteroatoms. The van der Waals surface area contributed by atoms with Gasteiger partial charge in [0.05, 0.1) is 27.2 Å². The molecular formula is C27H17ClN2O4S. The molecule has 1 amide bonds. The third kappa shape index (κ3) is 3.51. The van der Waals surface area contributed by atoms with E-state index in [1.165, 1.54) is 16.2 Å². The molecule has 2 aromatic heterocycles. The van der Waals surface area contributed by atoms with Crippen LogP contribution in [0.1, 0.15) is 27.7 Å². The number of rotatable bonds is 5. The molecular weight excluding hydrogens is 484 g/mol. The van der Waals surface area contributed by atoms with Gasteiger partial charge in [-0.25, -0.2) is 4.98 Å². The van der Waals surface area contributed by atoms with Gasteiger partial charge in [-0.3, -0.25) is 14.5 Å². The van der Waals surface area contributed by atoms with Crippen molar-refractivity contribution < 1.29 is 13.9 Å². The molecule has 1 atom stereocenters. The Labute approximate surface area is 208 Å². The Bertz CT molecular complexity index is 1690. The molecule has 0 saturated heterocycles. The molecule has 35 heavy (non-hydrogen) atoms. The van der Waals surface area contributed by atoms with Crippen LogP contribution in [0.25, 0.3) is 21.2 Å². The molecule has 0 radical (unpaired) electrons. The molecule has 0 N–H and O–H groups in total. The zero-order chi connectivity index (χ0) is 24.1. The number of anilines is 1. The number of amides is 1. The van der Waals surface area contributed by atoms with Crippen molar-refractivity contribution in [3.8, 4) is 5.75 Å². The first kappa shape index (κ1) is 21.6. The van der Waals surface area contributed by atoms with Crippen molar-refractivity contribution in [1.82, 2.24) is 4.98 Å². The Balaban J connectivity index is 1.56. The Morgan fingerprint density at radius 3 is 2.71 bits per heavy atom. The van der Waals surface area contributed by atoms with Crippen molar-refractivity contribution >= 4 is 55.2 Å². The zero-order valence-electron chi connectivity index (χ0n) is 18.2. The predicted molar refractivity (Wildman–Crippen MR) is 138 cm³/mol. The number of carbonyl (C=O) groups excluding carboxylic acids is 1. The van der Waals surface area contributed by atoms with Crippen molar-refractivity contribution in [3.05, 3.63) is 112 Å². The van der Waals surface area contributed by atoms with Gasteiger partial charge in [-0.2, -0.15) is 0 Å². The third-order valence-electron chi connectivity index (χ3n) is 5.89. The number of hydrogen-bond acceptors (Lipinski definition) is 6. The standard InChI is InChI=1S/C27H17ClN2O4S/c1-2-13-33-17-10-7-15(8-11-17)23-22-24(31)18-5-3-4-6-20(18)34-25(22)26(32)30(23)27-29-19-12-9-16(28)14-21(19)35-27/h2-12,14,23H,1,13H2. The minimum atomic E-state index is -0.706. The predicted octanol–water partition coefficient (Wildman–Crippen LogP) is 6.37. The Morgan fingerprint density at radius 1 is 1.11 bits per heavy atom. The van der Waals surface area contributed by atoms with E-state index >= 15 is 0 Å². The van der Waals surface area contributed by atoms with Crippen LogP contribution in [0.2, 0.25) is 5.02 Å². The van der Waals surface area contributed by atoms with Gasteiger partial charge in [-0.15, -0.1) is 0 Å². The lowest BCUT2D eigenvalue weighted by atomic mass is 9.98. The van der Waals surface area contributed by atoms with Crippen LogP contribution in [-0.4, -0.2) is 17.5 Å². The first-order valence-corrected chi connectivity index (χ1v) is 12.0. The number of carbonyl (C=O) groups is 1. The topological polar surface area (TPSA) is 72.6 Å². The summed E-state index contributed by atoms with van der Waals surface area (Å²) in [5, 5.41) is 1.46. The molecule has 0 aliphatic carbocycles. The third-order valence-corrected chi connectivity index (χ3v) is 7.14. The maximum atomic E-state index is 13.7. The summed E-state index contributed by atoms with van der Waals surface area (Å²) in [5.74, 6) is 0.276. The number of fused-ring (bicyclic) bond motifs is 3. The summed E-state index contributed by atoms with van der Waals surface area (Å²) in [7, 11) is 0. The molecule has 1 aliphatic rings. The van der Waals surface area contributed by atoms with E-state index in [1.54, 1.807) is 48.5 Å². The van der Waals surface area contributed by atoms with Crippen LogP contribution in [0.4, 0.5) is 5.13 Å². The molecule has 0 fully saturated rings. The zero-order valence-corrected chi connectivity index (χ0v) is 19.8. The fraction of sp³-hybridized carbons (Fsp3) is 0.0741.